The summed E-state index contributed by atoms with van der Waals surface area (Å²) < 4.78 is 14.4. The maximum absolute atomic E-state index is 11.2. The van der Waals surface area contributed by atoms with E-state index in [1.54, 1.807) is 20.8 Å². The van der Waals surface area contributed by atoms with E-state index in [4.69, 9.17) is 9.47 Å². The minimum atomic E-state index is -0.706. The van der Waals surface area contributed by atoms with E-state index in [-0.39, 0.29) is 18.5 Å². The van der Waals surface area contributed by atoms with Crippen LogP contribution in [0.5, 0.6) is 0 Å². The third-order valence-electron chi connectivity index (χ3n) is 1.91. The van der Waals surface area contributed by atoms with E-state index >= 15 is 0 Å². The molecule has 1 aliphatic rings. The molecule has 2 atom stereocenters. The van der Waals surface area contributed by atoms with Gasteiger partial charge in [-0.25, -0.2) is 4.79 Å². The topological polar surface area (TPSA) is 61.8 Å². The highest BCUT2D eigenvalue weighted by Gasteiger charge is 2.32. The lowest BCUT2D eigenvalue weighted by Gasteiger charge is -2.17. The van der Waals surface area contributed by atoms with Crippen LogP contribution in [-0.2, 0) is 19.0 Å². The summed E-state index contributed by atoms with van der Waals surface area (Å²) in [5.74, 6) is -0.490. The van der Waals surface area contributed by atoms with E-state index in [0.29, 0.717) is 0 Å². The van der Waals surface area contributed by atoms with Gasteiger partial charge in [-0.2, -0.15) is 0 Å². The fourth-order valence-corrected chi connectivity index (χ4v) is 0.968. The molecule has 0 spiro atoms. The molecule has 1 saturated heterocycles. The zero-order valence-electron chi connectivity index (χ0n) is 8.48. The molecule has 0 aliphatic carbocycles. The van der Waals surface area contributed by atoms with Crippen molar-refractivity contribution in [2.45, 2.75) is 33.0 Å². The van der Waals surface area contributed by atoms with Crippen molar-refractivity contribution in [1.82, 2.24) is 0 Å². The van der Waals surface area contributed by atoms with E-state index in [2.05, 4.69) is 4.74 Å². The summed E-state index contributed by atoms with van der Waals surface area (Å²) in [5.41, 5.74) is 0. The molecular weight excluding hydrogens is 188 g/mol. The highest BCUT2D eigenvalue weighted by Crippen LogP contribution is 2.13. The zero-order chi connectivity index (χ0) is 10.7. The molecule has 0 bridgehead atoms. The van der Waals surface area contributed by atoms with Gasteiger partial charge in [0.25, 0.3) is 0 Å². The number of hydrogen-bond acceptors (Lipinski definition) is 5. The van der Waals surface area contributed by atoms with Crippen molar-refractivity contribution in [2.24, 2.45) is 5.92 Å². The first-order chi connectivity index (χ1) is 6.50. The van der Waals surface area contributed by atoms with Gasteiger partial charge in [0, 0.05) is 0 Å². The van der Waals surface area contributed by atoms with Crippen molar-refractivity contribution in [3.05, 3.63) is 0 Å². The van der Waals surface area contributed by atoms with Crippen LogP contribution < -0.4 is 0 Å². The minimum absolute atomic E-state index is 0.144. The van der Waals surface area contributed by atoms with Crippen LogP contribution in [0.2, 0.25) is 0 Å². The number of hydrogen-bond donors (Lipinski definition) is 0. The molecule has 14 heavy (non-hydrogen) atoms. The molecule has 0 N–H and O–H groups in total. The first-order valence-electron chi connectivity index (χ1n) is 4.54. The van der Waals surface area contributed by atoms with Crippen LogP contribution in [0.4, 0.5) is 4.79 Å². The smallest absolute Gasteiger partial charge is 0.458 e. The highest BCUT2D eigenvalue weighted by atomic mass is 16.8. The van der Waals surface area contributed by atoms with Crippen molar-refractivity contribution in [1.29, 1.82) is 0 Å². The van der Waals surface area contributed by atoms with E-state index in [9.17, 15) is 9.59 Å². The van der Waals surface area contributed by atoms with Gasteiger partial charge in [0.2, 0.25) is 0 Å². The molecule has 80 valence electrons. The average molecular weight is 202 g/mol. The second kappa shape index (κ2) is 4.30. The van der Waals surface area contributed by atoms with Crippen LogP contribution in [0.15, 0.2) is 0 Å². The largest absolute Gasteiger partial charge is 0.508 e. The Labute approximate surface area is 82.3 Å². The van der Waals surface area contributed by atoms with Crippen molar-refractivity contribution in [3.8, 4) is 0 Å². The molecule has 2 unspecified atom stereocenters. The number of rotatable bonds is 3. The van der Waals surface area contributed by atoms with Gasteiger partial charge in [0.15, 0.2) is 6.10 Å². The van der Waals surface area contributed by atoms with Gasteiger partial charge < -0.3 is 14.2 Å². The van der Waals surface area contributed by atoms with Gasteiger partial charge in [0.05, 0.1) is 5.92 Å². The van der Waals surface area contributed by atoms with E-state index in [1.807, 2.05) is 0 Å². The lowest BCUT2D eigenvalue weighted by atomic mass is 10.2. The Morgan fingerprint density at radius 2 is 2.14 bits per heavy atom. The van der Waals surface area contributed by atoms with Crippen LogP contribution in [0, 0.1) is 5.92 Å². The molecule has 1 aliphatic heterocycles. The van der Waals surface area contributed by atoms with E-state index in [0.717, 1.165) is 0 Å². The maximum Gasteiger partial charge on any atom is 0.508 e. The molecule has 0 aromatic heterocycles. The van der Waals surface area contributed by atoms with Crippen LogP contribution in [0.1, 0.15) is 20.8 Å². The first kappa shape index (κ1) is 10.8. The van der Waals surface area contributed by atoms with Gasteiger partial charge >= 0.3 is 12.1 Å². The van der Waals surface area contributed by atoms with Crippen molar-refractivity contribution in [2.75, 3.05) is 6.61 Å². The molecule has 1 fully saturated rings. The second-order valence-corrected chi connectivity index (χ2v) is 3.51. The normalized spacial score (nSPS) is 22.9. The predicted octanol–water partition coefficient (Wildman–Crippen LogP) is 1.11. The van der Waals surface area contributed by atoms with Crippen molar-refractivity contribution < 1.29 is 23.8 Å². The summed E-state index contributed by atoms with van der Waals surface area (Å²) in [5, 5.41) is 0. The summed E-state index contributed by atoms with van der Waals surface area (Å²) in [7, 11) is 0. The van der Waals surface area contributed by atoms with Gasteiger partial charge in [-0.1, -0.05) is 13.8 Å². The molecule has 0 radical (unpaired) electrons. The van der Waals surface area contributed by atoms with Crippen LogP contribution in [-0.4, -0.2) is 30.9 Å². The quantitative estimate of drug-likeness (QED) is 0.641. The summed E-state index contributed by atoms with van der Waals surface area (Å²) in [6.07, 6.45) is -1.65. The van der Waals surface area contributed by atoms with Crippen molar-refractivity contribution >= 4 is 12.1 Å². The van der Waals surface area contributed by atoms with Gasteiger partial charge in [-0.05, 0) is 6.92 Å². The monoisotopic (exact) mass is 202 g/mol. The third-order valence-corrected chi connectivity index (χ3v) is 1.91. The van der Waals surface area contributed by atoms with Crippen LogP contribution >= 0.6 is 0 Å². The Balaban J connectivity index is 2.38. The Bertz CT molecular complexity index is 235. The van der Waals surface area contributed by atoms with Gasteiger partial charge in [-0.3, -0.25) is 4.79 Å². The summed E-state index contributed by atoms with van der Waals surface area (Å²) in [6, 6.07) is 0. The SMILES string of the molecule is CC(C)C(=O)OC(C)C1COC(=O)O1. The second-order valence-electron chi connectivity index (χ2n) is 3.51. The Kier molecular flexibility index (Phi) is 3.33. The molecule has 1 rings (SSSR count). The maximum atomic E-state index is 11.2. The Morgan fingerprint density at radius 3 is 2.57 bits per heavy atom. The standard InChI is InChI=1S/C9H14O5/c1-5(2)8(10)13-6(3)7-4-12-9(11)14-7/h5-7H,4H2,1-3H3. The van der Waals surface area contributed by atoms with Crippen LogP contribution in [0.25, 0.3) is 0 Å². The summed E-state index contributed by atoms with van der Waals surface area (Å²) >= 11 is 0. The number of esters is 1. The van der Waals surface area contributed by atoms with E-state index < -0.39 is 18.4 Å². The lowest BCUT2D eigenvalue weighted by molar-refractivity contribution is -0.156. The minimum Gasteiger partial charge on any atom is -0.458 e. The number of ether oxygens (including phenoxy) is 3. The van der Waals surface area contributed by atoms with E-state index in [1.165, 1.54) is 0 Å². The van der Waals surface area contributed by atoms with Crippen molar-refractivity contribution in [3.63, 3.8) is 0 Å². The first-order valence-corrected chi connectivity index (χ1v) is 4.54. The average Bonchev–Trinajstić information content (AvgIpc) is 2.51. The number of carbonyl (C=O) groups is 2. The molecular formula is C9H14O5. The Hall–Kier alpha value is -1.26. The van der Waals surface area contributed by atoms with Crippen LogP contribution in [0.3, 0.4) is 0 Å². The zero-order valence-corrected chi connectivity index (χ0v) is 8.48. The molecule has 0 aromatic rings. The Morgan fingerprint density at radius 1 is 1.50 bits per heavy atom. The van der Waals surface area contributed by atoms with Gasteiger partial charge in [0.1, 0.15) is 12.7 Å². The molecule has 0 aromatic carbocycles. The lowest BCUT2D eigenvalue weighted by Crippen LogP contribution is -2.31. The molecule has 1 heterocycles. The molecule has 0 amide bonds. The fraction of sp³-hybridized carbons (Fsp3) is 0.778. The fourth-order valence-electron chi connectivity index (χ4n) is 0.968. The summed E-state index contributed by atoms with van der Waals surface area (Å²) in [6.45, 7) is 5.30. The third kappa shape index (κ3) is 2.61. The number of carbonyl (C=O) groups excluding carboxylic acids is 2. The van der Waals surface area contributed by atoms with Gasteiger partial charge in [-0.15, -0.1) is 0 Å². The summed E-state index contributed by atoms with van der Waals surface area (Å²) in [4.78, 5) is 21.8. The molecule has 5 nitrogen and oxygen atoms in total. The predicted molar refractivity (Wildman–Crippen MR) is 46.6 cm³/mol. The number of cyclic esters (lactones) is 2. The highest BCUT2D eigenvalue weighted by molar-refractivity contribution is 5.71. The molecule has 0 saturated carbocycles. The molecule has 5 heteroatoms.